The molecule has 0 atom stereocenters. The molecule has 0 bridgehead atoms. The lowest BCUT2D eigenvalue weighted by Crippen LogP contribution is -2.52. The van der Waals surface area contributed by atoms with Crippen molar-refractivity contribution in [1.29, 1.82) is 0 Å². The Morgan fingerprint density at radius 1 is 0.667 bits per heavy atom. The topological polar surface area (TPSA) is 115 Å². The molecule has 0 aromatic carbocycles. The van der Waals surface area contributed by atoms with E-state index in [2.05, 4.69) is 0 Å². The number of ketones is 2. The van der Waals surface area contributed by atoms with Gasteiger partial charge in [0, 0.05) is 37.0 Å². The van der Waals surface area contributed by atoms with E-state index in [0.717, 1.165) is 9.80 Å². The van der Waals surface area contributed by atoms with Gasteiger partial charge in [-0.2, -0.15) is 0 Å². The lowest BCUT2D eigenvalue weighted by atomic mass is 9.83. The summed E-state index contributed by atoms with van der Waals surface area (Å²) >= 11 is 0. The van der Waals surface area contributed by atoms with Gasteiger partial charge >= 0.3 is 0 Å². The fraction of sp³-hybridized carbons (Fsp3) is 0.391. The Kier molecular flexibility index (Phi) is 4.47. The van der Waals surface area contributed by atoms with E-state index in [-0.39, 0.29) is 11.6 Å². The van der Waals surface area contributed by atoms with Gasteiger partial charge < -0.3 is 0 Å². The predicted octanol–water partition coefficient (Wildman–Crippen LogP) is 1.20. The van der Waals surface area contributed by atoms with E-state index < -0.39 is 51.4 Å². The third-order valence-electron chi connectivity index (χ3n) is 6.48. The number of carbonyl (C=O) groups excluding carboxylic acids is 6. The lowest BCUT2D eigenvalue weighted by molar-refractivity contribution is -0.150. The minimum Gasteiger partial charge on any atom is -0.294 e. The summed E-state index contributed by atoms with van der Waals surface area (Å²) in [5.41, 5.74) is -4.19. The second kappa shape index (κ2) is 6.60. The molecule has 172 valence electrons. The summed E-state index contributed by atoms with van der Waals surface area (Å²) in [6.45, 7) is 8.82. The highest BCUT2D eigenvalue weighted by atomic mass is 16.2. The van der Waals surface area contributed by atoms with Crippen LogP contribution in [0, 0.1) is 16.2 Å². The standard InChI is InChI=1S/C23H24N4O6/c1-21(2)13(28)11-15-24(17(21)30)7-9-26(15)19(32)23(5,6)20(33)27-10-8-25-16(27)12-14(29)22(3,4)18(25)31/h7-12H,1-6H3. The van der Waals surface area contributed by atoms with Crippen LogP contribution in [-0.4, -0.2) is 54.8 Å². The van der Waals surface area contributed by atoms with Crippen LogP contribution in [0.15, 0.2) is 48.6 Å². The quantitative estimate of drug-likeness (QED) is 0.582. The first-order valence-corrected chi connectivity index (χ1v) is 10.4. The Balaban J connectivity index is 1.64. The minimum absolute atomic E-state index is 0.0535. The Morgan fingerprint density at radius 3 is 1.33 bits per heavy atom. The molecule has 4 aliphatic rings. The van der Waals surface area contributed by atoms with Gasteiger partial charge in [-0.1, -0.05) is 0 Å². The number of allylic oxidation sites excluding steroid dienone is 2. The molecule has 4 amide bonds. The lowest BCUT2D eigenvalue weighted by Gasteiger charge is -2.37. The summed E-state index contributed by atoms with van der Waals surface area (Å²) in [6.07, 6.45) is 7.83. The highest BCUT2D eigenvalue weighted by molar-refractivity contribution is 6.16. The Hall–Kier alpha value is -3.82. The summed E-state index contributed by atoms with van der Waals surface area (Å²) in [7, 11) is 0. The first-order valence-electron chi connectivity index (χ1n) is 10.4. The zero-order valence-electron chi connectivity index (χ0n) is 19.2. The van der Waals surface area contributed by atoms with Gasteiger partial charge in [-0.05, 0) is 41.5 Å². The Labute approximate surface area is 190 Å². The Morgan fingerprint density at radius 2 is 1.00 bits per heavy atom. The van der Waals surface area contributed by atoms with Crippen LogP contribution in [0.4, 0.5) is 0 Å². The number of carbonyl (C=O) groups is 6. The molecule has 10 nitrogen and oxygen atoms in total. The van der Waals surface area contributed by atoms with Crippen molar-refractivity contribution in [2.75, 3.05) is 0 Å². The van der Waals surface area contributed by atoms with Crippen LogP contribution in [0.1, 0.15) is 41.5 Å². The normalized spacial score (nSPS) is 23.1. The van der Waals surface area contributed by atoms with Crippen molar-refractivity contribution in [3.63, 3.8) is 0 Å². The molecule has 0 unspecified atom stereocenters. The van der Waals surface area contributed by atoms with Crippen molar-refractivity contribution in [2.24, 2.45) is 16.2 Å². The molecule has 4 rings (SSSR count). The second-order valence-electron chi connectivity index (χ2n) is 9.91. The molecular weight excluding hydrogens is 428 g/mol. The van der Waals surface area contributed by atoms with Crippen molar-refractivity contribution >= 4 is 35.2 Å². The maximum Gasteiger partial charge on any atom is 0.247 e. The summed E-state index contributed by atoms with van der Waals surface area (Å²) in [5.74, 6) is -3.12. The number of rotatable bonds is 2. The van der Waals surface area contributed by atoms with Crippen LogP contribution in [0.3, 0.4) is 0 Å². The smallest absolute Gasteiger partial charge is 0.247 e. The average molecular weight is 452 g/mol. The van der Waals surface area contributed by atoms with Crippen molar-refractivity contribution in [2.45, 2.75) is 41.5 Å². The third-order valence-corrected chi connectivity index (χ3v) is 6.48. The predicted molar refractivity (Wildman–Crippen MR) is 113 cm³/mol. The van der Waals surface area contributed by atoms with Crippen molar-refractivity contribution in [3.8, 4) is 0 Å². The summed E-state index contributed by atoms with van der Waals surface area (Å²) in [5, 5.41) is 0. The zero-order valence-corrected chi connectivity index (χ0v) is 19.2. The molecule has 0 spiro atoms. The van der Waals surface area contributed by atoms with Crippen molar-refractivity contribution in [1.82, 2.24) is 19.6 Å². The molecule has 0 saturated heterocycles. The largest absolute Gasteiger partial charge is 0.294 e. The molecule has 0 saturated carbocycles. The molecule has 0 aromatic heterocycles. The van der Waals surface area contributed by atoms with Gasteiger partial charge in [0.05, 0.1) is 0 Å². The van der Waals surface area contributed by atoms with E-state index >= 15 is 0 Å². The second-order valence-corrected chi connectivity index (χ2v) is 9.91. The van der Waals surface area contributed by atoms with E-state index in [1.165, 1.54) is 88.3 Å². The molecule has 4 heterocycles. The minimum atomic E-state index is -1.67. The molecular formula is C23H24N4O6. The summed E-state index contributed by atoms with van der Waals surface area (Å²) in [4.78, 5) is 81.7. The van der Waals surface area contributed by atoms with Gasteiger partial charge in [-0.15, -0.1) is 0 Å². The maximum atomic E-state index is 13.4. The molecule has 0 N–H and O–H groups in total. The molecule has 4 aliphatic heterocycles. The van der Waals surface area contributed by atoms with Crippen LogP contribution in [0.2, 0.25) is 0 Å². The highest BCUT2D eigenvalue weighted by Crippen LogP contribution is 2.39. The maximum absolute atomic E-state index is 13.4. The first-order chi connectivity index (χ1) is 15.1. The van der Waals surface area contributed by atoms with Crippen molar-refractivity contribution in [3.05, 3.63) is 48.6 Å². The fourth-order valence-electron chi connectivity index (χ4n) is 3.87. The van der Waals surface area contributed by atoms with Crippen molar-refractivity contribution < 1.29 is 28.8 Å². The van der Waals surface area contributed by atoms with E-state index in [0.29, 0.717) is 0 Å². The number of fused-ring (bicyclic) bond motifs is 2. The van der Waals surface area contributed by atoms with Gasteiger partial charge in [0.25, 0.3) is 0 Å². The monoisotopic (exact) mass is 452 g/mol. The number of nitrogens with zero attached hydrogens (tertiary/aromatic N) is 4. The molecule has 0 radical (unpaired) electrons. The molecule has 10 heteroatoms. The molecule has 0 aliphatic carbocycles. The average Bonchev–Trinajstić information content (AvgIpc) is 3.34. The Bertz CT molecular complexity index is 1090. The zero-order chi connectivity index (χ0) is 24.7. The van der Waals surface area contributed by atoms with Gasteiger partial charge in [0.1, 0.15) is 27.9 Å². The van der Waals surface area contributed by atoms with Crippen LogP contribution < -0.4 is 0 Å². The van der Waals surface area contributed by atoms with Crippen LogP contribution >= 0.6 is 0 Å². The number of hydrogen-bond acceptors (Lipinski definition) is 6. The van der Waals surface area contributed by atoms with E-state index in [1.807, 2.05) is 0 Å². The van der Waals surface area contributed by atoms with Crippen LogP contribution in [-0.2, 0) is 28.8 Å². The third kappa shape index (κ3) is 2.86. The van der Waals surface area contributed by atoms with Crippen LogP contribution in [0.25, 0.3) is 0 Å². The van der Waals surface area contributed by atoms with Gasteiger partial charge in [-0.25, -0.2) is 0 Å². The highest BCUT2D eigenvalue weighted by Gasteiger charge is 2.52. The van der Waals surface area contributed by atoms with Gasteiger partial charge in [-0.3, -0.25) is 48.4 Å². The molecule has 33 heavy (non-hydrogen) atoms. The SMILES string of the molecule is CC1(C)C(=O)C=C2N(C=CN2C(=O)C(C)(C)C(=O)N2C=CN3C(=O)C(C)(C)C(=O)C=C32)C1=O. The van der Waals surface area contributed by atoms with Gasteiger partial charge in [0.2, 0.25) is 23.6 Å². The van der Waals surface area contributed by atoms with Crippen LogP contribution in [0.5, 0.6) is 0 Å². The number of amides is 4. The first kappa shape index (κ1) is 22.4. The fourth-order valence-corrected chi connectivity index (χ4v) is 3.87. The van der Waals surface area contributed by atoms with Gasteiger partial charge in [0.15, 0.2) is 11.6 Å². The van der Waals surface area contributed by atoms with E-state index in [4.69, 9.17) is 0 Å². The van der Waals surface area contributed by atoms with E-state index in [1.54, 1.807) is 0 Å². The summed E-state index contributed by atoms with van der Waals surface area (Å²) in [6, 6.07) is 0. The van der Waals surface area contributed by atoms with E-state index in [9.17, 15) is 28.8 Å². The number of hydrogen-bond donors (Lipinski definition) is 0. The molecule has 0 fully saturated rings. The summed E-state index contributed by atoms with van der Waals surface area (Å²) < 4.78 is 0. The molecule has 0 aromatic rings.